The van der Waals surface area contributed by atoms with Crippen molar-refractivity contribution in [3.05, 3.63) is 29.8 Å². The number of carbonyl (C=O) groups excluding carboxylic acids is 1. The van der Waals surface area contributed by atoms with Gasteiger partial charge < -0.3 is 10.8 Å². The topological polar surface area (TPSA) is 109 Å². The molecule has 0 aliphatic carbocycles. The van der Waals surface area contributed by atoms with Crippen molar-refractivity contribution in [3.63, 3.8) is 0 Å². The molecule has 1 amide bonds. The van der Waals surface area contributed by atoms with Crippen LogP contribution in [0.15, 0.2) is 29.2 Å². The van der Waals surface area contributed by atoms with E-state index in [-0.39, 0.29) is 17.1 Å². The maximum absolute atomic E-state index is 12.1. The first-order chi connectivity index (χ1) is 8.74. The summed E-state index contributed by atoms with van der Waals surface area (Å²) >= 11 is 0. The van der Waals surface area contributed by atoms with Crippen LogP contribution in [0.1, 0.15) is 30.6 Å². The molecule has 0 spiro atoms. The summed E-state index contributed by atoms with van der Waals surface area (Å²) < 4.78 is 26.7. The molecule has 1 rings (SSSR count). The summed E-state index contributed by atoms with van der Waals surface area (Å²) in [5, 5.41) is 9.22. The van der Waals surface area contributed by atoms with Gasteiger partial charge in [-0.25, -0.2) is 13.1 Å². The SMILES string of the molecule is CCC(C)(CO)NS(=O)(=O)c1ccc(C(N)=O)cc1. The summed E-state index contributed by atoms with van der Waals surface area (Å²) in [6, 6.07) is 5.30. The third-order valence-corrected chi connectivity index (χ3v) is 4.61. The number of benzene rings is 1. The van der Waals surface area contributed by atoms with E-state index in [1.165, 1.54) is 24.3 Å². The van der Waals surface area contributed by atoms with Crippen molar-refractivity contribution in [3.8, 4) is 0 Å². The predicted octanol–water partition coefficient (Wildman–Crippen LogP) is 0.225. The van der Waals surface area contributed by atoms with Gasteiger partial charge in [0.1, 0.15) is 0 Å². The average molecular weight is 286 g/mol. The largest absolute Gasteiger partial charge is 0.394 e. The van der Waals surface area contributed by atoms with Gasteiger partial charge in [-0.05, 0) is 37.6 Å². The number of nitrogens with two attached hydrogens (primary N) is 1. The van der Waals surface area contributed by atoms with Gasteiger partial charge in [0.2, 0.25) is 15.9 Å². The molecule has 0 aliphatic heterocycles. The lowest BCUT2D eigenvalue weighted by molar-refractivity contribution is 0.1000. The molecule has 0 bridgehead atoms. The highest BCUT2D eigenvalue weighted by atomic mass is 32.2. The Balaban J connectivity index is 3.04. The normalized spacial score (nSPS) is 14.9. The van der Waals surface area contributed by atoms with Gasteiger partial charge in [0.05, 0.1) is 17.0 Å². The minimum Gasteiger partial charge on any atom is -0.394 e. The van der Waals surface area contributed by atoms with Crippen molar-refractivity contribution in [2.75, 3.05) is 6.61 Å². The molecule has 6 nitrogen and oxygen atoms in total. The first kappa shape index (κ1) is 15.6. The van der Waals surface area contributed by atoms with Gasteiger partial charge >= 0.3 is 0 Å². The molecule has 1 unspecified atom stereocenters. The summed E-state index contributed by atoms with van der Waals surface area (Å²) in [6.07, 6.45) is 0.447. The van der Waals surface area contributed by atoms with Gasteiger partial charge in [0, 0.05) is 5.56 Å². The van der Waals surface area contributed by atoms with Crippen molar-refractivity contribution in [1.82, 2.24) is 4.72 Å². The lowest BCUT2D eigenvalue weighted by Crippen LogP contribution is -2.48. The quantitative estimate of drug-likeness (QED) is 0.695. The molecule has 1 aromatic carbocycles. The molecule has 0 aliphatic rings. The smallest absolute Gasteiger partial charge is 0.248 e. The molecular formula is C12H18N2O4S. The number of hydrogen-bond donors (Lipinski definition) is 3. The summed E-state index contributed by atoms with van der Waals surface area (Å²) in [7, 11) is -3.75. The van der Waals surface area contributed by atoms with E-state index in [1.807, 2.05) is 0 Å². The zero-order valence-electron chi connectivity index (χ0n) is 10.9. The van der Waals surface area contributed by atoms with E-state index in [4.69, 9.17) is 5.73 Å². The molecule has 0 saturated carbocycles. The lowest BCUT2D eigenvalue weighted by Gasteiger charge is -2.26. The van der Waals surface area contributed by atoms with Crippen molar-refractivity contribution in [2.45, 2.75) is 30.7 Å². The Morgan fingerprint density at radius 1 is 1.37 bits per heavy atom. The summed E-state index contributed by atoms with van der Waals surface area (Å²) in [6.45, 7) is 3.08. The first-order valence-electron chi connectivity index (χ1n) is 5.79. The van der Waals surface area contributed by atoms with Gasteiger partial charge in [0.25, 0.3) is 0 Å². The molecule has 7 heteroatoms. The van der Waals surface area contributed by atoms with E-state index in [0.717, 1.165) is 0 Å². The minimum atomic E-state index is -3.75. The Hall–Kier alpha value is -1.44. The van der Waals surface area contributed by atoms with E-state index in [2.05, 4.69) is 4.72 Å². The highest BCUT2D eigenvalue weighted by Crippen LogP contribution is 2.16. The molecule has 106 valence electrons. The molecule has 0 heterocycles. The van der Waals surface area contributed by atoms with Crippen molar-refractivity contribution in [2.24, 2.45) is 5.73 Å². The average Bonchev–Trinajstić information content (AvgIpc) is 2.38. The summed E-state index contributed by atoms with van der Waals surface area (Å²) in [4.78, 5) is 10.9. The van der Waals surface area contributed by atoms with Gasteiger partial charge in [-0.3, -0.25) is 4.79 Å². The Bertz CT molecular complexity index is 548. The van der Waals surface area contributed by atoms with Crippen LogP contribution < -0.4 is 10.5 Å². The van der Waals surface area contributed by atoms with Gasteiger partial charge in [-0.15, -0.1) is 0 Å². The fraction of sp³-hybridized carbons (Fsp3) is 0.417. The number of aliphatic hydroxyl groups is 1. The molecule has 4 N–H and O–H groups in total. The molecule has 1 atom stereocenters. The summed E-state index contributed by atoms with van der Waals surface area (Å²) in [5.74, 6) is -0.620. The molecule has 1 aromatic rings. The number of carbonyl (C=O) groups is 1. The number of amides is 1. The van der Waals surface area contributed by atoms with Crippen LogP contribution in [0.25, 0.3) is 0 Å². The van der Waals surface area contributed by atoms with E-state index in [0.29, 0.717) is 6.42 Å². The first-order valence-corrected chi connectivity index (χ1v) is 7.27. The Kier molecular flexibility index (Phi) is 4.67. The Morgan fingerprint density at radius 2 is 1.89 bits per heavy atom. The molecule has 19 heavy (non-hydrogen) atoms. The molecule has 0 fully saturated rings. The molecular weight excluding hydrogens is 268 g/mol. The monoisotopic (exact) mass is 286 g/mol. The van der Waals surface area contributed by atoms with Crippen LogP contribution in [0.4, 0.5) is 0 Å². The number of nitrogens with one attached hydrogen (secondary N) is 1. The third-order valence-electron chi connectivity index (χ3n) is 2.96. The van der Waals surface area contributed by atoms with Crippen molar-refractivity contribution >= 4 is 15.9 Å². The second kappa shape index (κ2) is 5.68. The fourth-order valence-electron chi connectivity index (χ4n) is 1.40. The number of aliphatic hydroxyl groups excluding tert-OH is 1. The van der Waals surface area contributed by atoms with E-state index < -0.39 is 21.5 Å². The molecule has 0 radical (unpaired) electrons. The Morgan fingerprint density at radius 3 is 2.26 bits per heavy atom. The minimum absolute atomic E-state index is 0.0191. The predicted molar refractivity (Wildman–Crippen MR) is 71.1 cm³/mol. The number of sulfonamides is 1. The highest BCUT2D eigenvalue weighted by molar-refractivity contribution is 7.89. The van der Waals surface area contributed by atoms with Crippen LogP contribution in [-0.2, 0) is 10.0 Å². The number of hydrogen-bond acceptors (Lipinski definition) is 4. The highest BCUT2D eigenvalue weighted by Gasteiger charge is 2.28. The van der Waals surface area contributed by atoms with Gasteiger partial charge in [-0.1, -0.05) is 6.92 Å². The van der Waals surface area contributed by atoms with Gasteiger partial charge in [-0.2, -0.15) is 0 Å². The second-order valence-electron chi connectivity index (χ2n) is 4.57. The van der Waals surface area contributed by atoms with Crippen LogP contribution in [0.3, 0.4) is 0 Å². The van der Waals surface area contributed by atoms with Crippen LogP contribution in [0, 0.1) is 0 Å². The van der Waals surface area contributed by atoms with E-state index in [1.54, 1.807) is 13.8 Å². The summed E-state index contributed by atoms with van der Waals surface area (Å²) in [5.41, 5.74) is 4.40. The number of rotatable bonds is 6. The zero-order valence-corrected chi connectivity index (χ0v) is 11.7. The third kappa shape index (κ3) is 3.76. The fourth-order valence-corrected chi connectivity index (χ4v) is 2.87. The second-order valence-corrected chi connectivity index (χ2v) is 6.25. The van der Waals surface area contributed by atoms with E-state index >= 15 is 0 Å². The maximum atomic E-state index is 12.1. The standard InChI is InChI=1S/C12H18N2O4S/c1-3-12(2,8-15)14-19(17,18)10-6-4-9(5-7-10)11(13)16/h4-7,14-15H,3,8H2,1-2H3,(H2,13,16). The zero-order chi connectivity index (χ0) is 14.7. The van der Waals surface area contributed by atoms with Crippen molar-refractivity contribution < 1.29 is 18.3 Å². The van der Waals surface area contributed by atoms with Crippen LogP contribution >= 0.6 is 0 Å². The lowest BCUT2D eigenvalue weighted by atomic mass is 10.0. The van der Waals surface area contributed by atoms with E-state index in [9.17, 15) is 18.3 Å². The van der Waals surface area contributed by atoms with Crippen LogP contribution in [0.2, 0.25) is 0 Å². The van der Waals surface area contributed by atoms with Gasteiger partial charge in [0.15, 0.2) is 0 Å². The molecule has 0 saturated heterocycles. The Labute approximate surface area is 112 Å². The van der Waals surface area contributed by atoms with Crippen LogP contribution in [-0.4, -0.2) is 31.6 Å². The number of primary amides is 1. The molecule has 0 aromatic heterocycles. The van der Waals surface area contributed by atoms with Crippen LogP contribution in [0.5, 0.6) is 0 Å². The maximum Gasteiger partial charge on any atom is 0.248 e. The van der Waals surface area contributed by atoms with Crippen molar-refractivity contribution in [1.29, 1.82) is 0 Å².